The van der Waals surface area contributed by atoms with Crippen LogP contribution in [-0.2, 0) is 18.4 Å². The minimum absolute atomic E-state index is 0.0569. The summed E-state index contributed by atoms with van der Waals surface area (Å²) in [6, 6.07) is -0.865. The van der Waals surface area contributed by atoms with E-state index < -0.39 is 20.0 Å². The van der Waals surface area contributed by atoms with Crippen molar-refractivity contribution in [2.45, 2.75) is 392 Å². The van der Waals surface area contributed by atoms with Gasteiger partial charge in [-0.3, -0.25) is 13.8 Å². The van der Waals surface area contributed by atoms with Gasteiger partial charge in [0.25, 0.3) is 0 Å². The summed E-state index contributed by atoms with van der Waals surface area (Å²) in [5.74, 6) is -0.181. The second kappa shape index (κ2) is 66.9. The molecule has 85 heavy (non-hydrogen) atoms. The normalized spacial score (nSPS) is 13.8. The lowest BCUT2D eigenvalue weighted by molar-refractivity contribution is -0.870. The fraction of sp³-hybridized carbons (Fsp3) is 0.882. The molecule has 0 aliphatic carbocycles. The lowest BCUT2D eigenvalue weighted by atomic mass is 10.0. The fourth-order valence-corrected chi connectivity index (χ4v) is 12.2. The summed E-state index contributed by atoms with van der Waals surface area (Å²) in [6.45, 7) is 4.85. The quantitative estimate of drug-likeness (QED) is 0.0243. The lowest BCUT2D eigenvalue weighted by Gasteiger charge is -2.25. The van der Waals surface area contributed by atoms with Crippen LogP contribution >= 0.6 is 7.82 Å². The molecule has 0 aliphatic heterocycles. The highest BCUT2D eigenvalue weighted by Gasteiger charge is 2.28. The first-order chi connectivity index (χ1) is 41.5. The molecule has 0 saturated heterocycles. The Morgan fingerprint density at radius 2 is 0.682 bits per heavy atom. The van der Waals surface area contributed by atoms with Crippen molar-refractivity contribution in [2.75, 3.05) is 40.9 Å². The van der Waals surface area contributed by atoms with E-state index in [1.165, 1.54) is 315 Å². The molecule has 3 N–H and O–H groups in total. The summed E-state index contributed by atoms with van der Waals surface area (Å²) < 4.78 is 23.8. The van der Waals surface area contributed by atoms with Gasteiger partial charge in [-0.2, -0.15) is 0 Å². The second-order valence-electron chi connectivity index (χ2n) is 27.0. The van der Waals surface area contributed by atoms with E-state index in [2.05, 4.69) is 55.6 Å². The van der Waals surface area contributed by atoms with Crippen LogP contribution in [0.3, 0.4) is 0 Å². The fourth-order valence-electron chi connectivity index (χ4n) is 11.4. The molecule has 0 saturated carbocycles. The van der Waals surface area contributed by atoms with Gasteiger partial charge in [0.05, 0.1) is 39.9 Å². The molecule has 3 unspecified atom stereocenters. The van der Waals surface area contributed by atoms with Crippen molar-refractivity contribution in [2.24, 2.45) is 0 Å². The highest BCUT2D eigenvalue weighted by Crippen LogP contribution is 2.43. The van der Waals surface area contributed by atoms with Crippen LogP contribution in [0.1, 0.15) is 380 Å². The van der Waals surface area contributed by atoms with Crippen molar-refractivity contribution in [1.29, 1.82) is 0 Å². The van der Waals surface area contributed by atoms with Gasteiger partial charge >= 0.3 is 7.82 Å². The van der Waals surface area contributed by atoms with E-state index in [9.17, 15) is 19.4 Å². The second-order valence-corrected chi connectivity index (χ2v) is 28.5. The number of amides is 1. The van der Waals surface area contributed by atoms with Crippen molar-refractivity contribution in [3.8, 4) is 0 Å². The molecular formula is C76H148N2O6P+. The van der Waals surface area contributed by atoms with Crippen molar-refractivity contribution >= 4 is 13.7 Å². The number of aliphatic hydroxyl groups excluding tert-OH is 1. The Balaban J connectivity index is 3.99. The van der Waals surface area contributed by atoms with Gasteiger partial charge in [-0.15, -0.1) is 0 Å². The third-order valence-corrected chi connectivity index (χ3v) is 18.3. The van der Waals surface area contributed by atoms with Crippen LogP contribution in [0.25, 0.3) is 0 Å². The summed E-state index contributed by atoms with van der Waals surface area (Å²) in [6.07, 6.45) is 91.5. The van der Waals surface area contributed by atoms with Crippen LogP contribution in [0, 0.1) is 0 Å². The number of unbranched alkanes of at least 4 members (excludes halogenated alkanes) is 51. The molecule has 0 aromatic carbocycles. The molecule has 3 atom stereocenters. The van der Waals surface area contributed by atoms with Gasteiger partial charge in [-0.05, 0) is 64.2 Å². The van der Waals surface area contributed by atoms with Gasteiger partial charge in [-0.25, -0.2) is 4.57 Å². The number of likely N-dealkylation sites (N-methyl/N-ethyl adjacent to an activating group) is 1. The average molecular weight is 1220 g/mol. The SMILES string of the molecule is CCCCCCCCCCCCCCCCC/C=C\C/C=C\CCCCCCCCCCCCCCCCCCCC(=O)NC(COP(=O)(O)OCC[N+](C)(C)C)C(O)/C=C/CC/C=C/CCCCCCCCCCCCCCCCCCCC. The van der Waals surface area contributed by atoms with E-state index in [1.54, 1.807) is 6.08 Å². The number of carbonyl (C=O) groups is 1. The first-order valence-corrected chi connectivity index (χ1v) is 39.0. The number of phosphoric ester groups is 1. The monoisotopic (exact) mass is 1220 g/mol. The van der Waals surface area contributed by atoms with Gasteiger partial charge in [0.1, 0.15) is 13.2 Å². The van der Waals surface area contributed by atoms with Gasteiger partial charge in [0.15, 0.2) is 0 Å². The Labute approximate surface area is 530 Å². The van der Waals surface area contributed by atoms with Gasteiger partial charge in [0, 0.05) is 6.42 Å². The third kappa shape index (κ3) is 69.8. The molecule has 0 radical (unpaired) electrons. The predicted octanol–water partition coefficient (Wildman–Crippen LogP) is 24.2. The molecule has 0 aromatic heterocycles. The number of allylic oxidation sites excluding steroid dienone is 7. The molecule has 502 valence electrons. The van der Waals surface area contributed by atoms with Crippen LogP contribution < -0.4 is 5.32 Å². The lowest BCUT2D eigenvalue weighted by Crippen LogP contribution is -2.45. The Morgan fingerprint density at radius 3 is 1.01 bits per heavy atom. The van der Waals surface area contributed by atoms with Crippen LogP contribution in [0.2, 0.25) is 0 Å². The topological polar surface area (TPSA) is 105 Å². The van der Waals surface area contributed by atoms with E-state index in [0.717, 1.165) is 44.9 Å². The maximum absolute atomic E-state index is 13.1. The van der Waals surface area contributed by atoms with Crippen LogP contribution in [0.4, 0.5) is 0 Å². The van der Waals surface area contributed by atoms with Crippen LogP contribution in [-0.4, -0.2) is 73.4 Å². The minimum atomic E-state index is -4.36. The Hall–Kier alpha value is -1.54. The van der Waals surface area contributed by atoms with Crippen LogP contribution in [0.5, 0.6) is 0 Å². The summed E-state index contributed by atoms with van der Waals surface area (Å²) in [4.78, 5) is 23.4. The number of phosphoric acid groups is 1. The average Bonchev–Trinajstić information content (AvgIpc) is 3.49. The first-order valence-electron chi connectivity index (χ1n) is 37.5. The van der Waals surface area contributed by atoms with E-state index in [0.29, 0.717) is 17.4 Å². The molecule has 0 rings (SSSR count). The zero-order chi connectivity index (χ0) is 61.9. The van der Waals surface area contributed by atoms with Crippen molar-refractivity contribution in [3.05, 3.63) is 48.6 Å². The molecule has 0 aliphatic rings. The maximum Gasteiger partial charge on any atom is 0.472 e. The third-order valence-electron chi connectivity index (χ3n) is 17.3. The number of carbonyl (C=O) groups excluding carboxylic acids is 1. The van der Waals surface area contributed by atoms with Crippen molar-refractivity contribution in [1.82, 2.24) is 5.32 Å². The number of nitrogens with zero attached hydrogens (tertiary/aromatic N) is 1. The molecule has 9 heteroatoms. The van der Waals surface area contributed by atoms with Crippen molar-refractivity contribution < 1.29 is 32.9 Å². The van der Waals surface area contributed by atoms with Gasteiger partial charge < -0.3 is 19.8 Å². The Bertz CT molecular complexity index is 1530. The number of hydrogen-bond donors (Lipinski definition) is 3. The molecule has 0 bridgehead atoms. The minimum Gasteiger partial charge on any atom is -0.387 e. The predicted molar refractivity (Wildman–Crippen MR) is 374 cm³/mol. The number of hydrogen-bond acceptors (Lipinski definition) is 5. The van der Waals surface area contributed by atoms with Gasteiger partial charge in [0.2, 0.25) is 5.91 Å². The molecule has 0 heterocycles. The van der Waals surface area contributed by atoms with Gasteiger partial charge in [-0.1, -0.05) is 358 Å². The maximum atomic E-state index is 13.1. The zero-order valence-corrected chi connectivity index (χ0v) is 58.5. The largest absolute Gasteiger partial charge is 0.472 e. The zero-order valence-electron chi connectivity index (χ0n) is 57.6. The van der Waals surface area contributed by atoms with E-state index >= 15 is 0 Å². The summed E-state index contributed by atoms with van der Waals surface area (Å²) in [5.41, 5.74) is 0. The number of nitrogens with one attached hydrogen (secondary N) is 1. The Morgan fingerprint density at radius 1 is 0.400 bits per heavy atom. The Kier molecular flexibility index (Phi) is 65.7. The number of aliphatic hydroxyl groups is 1. The van der Waals surface area contributed by atoms with E-state index in [1.807, 2.05) is 27.2 Å². The first kappa shape index (κ1) is 83.5. The molecule has 0 fully saturated rings. The summed E-state index contributed by atoms with van der Waals surface area (Å²) in [5, 5.41) is 14.0. The summed E-state index contributed by atoms with van der Waals surface area (Å²) >= 11 is 0. The molecule has 0 spiro atoms. The van der Waals surface area contributed by atoms with Crippen LogP contribution in [0.15, 0.2) is 48.6 Å². The van der Waals surface area contributed by atoms with E-state index in [4.69, 9.17) is 9.05 Å². The highest BCUT2D eigenvalue weighted by atomic mass is 31.2. The smallest absolute Gasteiger partial charge is 0.387 e. The molecule has 1 amide bonds. The molecular weight excluding hydrogens is 1070 g/mol. The standard InChI is InChI=1S/C76H147N2O6P/c1-6-8-10-12-14-16-18-20-22-24-26-28-30-32-33-34-35-36-37-38-39-40-41-42-43-44-45-46-48-50-52-54-56-58-60-62-64-66-68-70-76(80)77-74(73-84-85(81,82)83-72-71-78(3,4)5)75(79)69-67-65-63-61-59-57-55-53-51-49-47-31-29-27-25-23-21-19-17-15-13-11-9-7-2/h35-36,38-39,59,61,67,69,74-75,79H,6-34,37,40-58,60,62-66,68,70-73H2,1-5H3,(H-,77,80,81,82)/p+1/b36-35-,39-38-,61-59+,69-67+. The number of quaternary nitrogens is 1. The van der Waals surface area contributed by atoms with E-state index in [-0.39, 0.29) is 19.1 Å². The highest BCUT2D eigenvalue weighted by molar-refractivity contribution is 7.47. The van der Waals surface area contributed by atoms with Crippen molar-refractivity contribution in [3.63, 3.8) is 0 Å². The molecule has 0 aromatic rings. The number of rotatable bonds is 70. The molecule has 8 nitrogen and oxygen atoms in total. The summed E-state index contributed by atoms with van der Waals surface area (Å²) in [7, 11) is 1.57.